The van der Waals surface area contributed by atoms with Crippen molar-refractivity contribution in [3.05, 3.63) is 18.2 Å². The molecule has 0 aliphatic rings. The molecule has 0 saturated heterocycles. The topological polar surface area (TPSA) is 77.8 Å². The Bertz CT molecular complexity index is 515. The van der Waals surface area contributed by atoms with Crippen LogP contribution in [0.5, 0.6) is 6.01 Å². The molecule has 1 N–H and O–H groups in total. The van der Waals surface area contributed by atoms with Crippen molar-refractivity contribution in [1.82, 2.24) is 24.5 Å². The van der Waals surface area contributed by atoms with Gasteiger partial charge in [0.25, 0.3) is 0 Å². The lowest BCUT2D eigenvalue weighted by Crippen LogP contribution is -2.11. The normalized spacial score (nSPS) is 10.5. The monoisotopic (exact) mass is 262 g/mol. The molecular weight excluding hydrogens is 244 g/mol. The van der Waals surface area contributed by atoms with Gasteiger partial charge in [0.1, 0.15) is 5.82 Å². The van der Waals surface area contributed by atoms with Crippen LogP contribution in [0.2, 0.25) is 0 Å². The van der Waals surface area contributed by atoms with E-state index in [-0.39, 0.29) is 0 Å². The Morgan fingerprint density at radius 1 is 1.21 bits per heavy atom. The summed E-state index contributed by atoms with van der Waals surface area (Å²) in [5, 5.41) is 3.07. The Labute approximate surface area is 112 Å². The molecule has 0 fully saturated rings. The van der Waals surface area contributed by atoms with E-state index in [1.165, 1.54) is 0 Å². The molecule has 102 valence electrons. The molecule has 0 aliphatic carbocycles. The van der Waals surface area contributed by atoms with Crippen molar-refractivity contribution in [2.75, 3.05) is 18.5 Å². The summed E-state index contributed by atoms with van der Waals surface area (Å²) < 4.78 is 7.21. The number of aryl methyl sites for hydroxylation is 1. The van der Waals surface area contributed by atoms with Crippen LogP contribution in [-0.4, -0.2) is 37.7 Å². The fourth-order valence-electron chi connectivity index (χ4n) is 1.66. The Hall–Kier alpha value is -2.18. The van der Waals surface area contributed by atoms with E-state index in [9.17, 15) is 0 Å². The van der Waals surface area contributed by atoms with Gasteiger partial charge in [0, 0.05) is 25.4 Å². The van der Waals surface area contributed by atoms with Crippen LogP contribution in [0.1, 0.15) is 26.6 Å². The first-order valence-corrected chi connectivity index (χ1v) is 6.43. The number of imidazole rings is 1. The minimum absolute atomic E-state index is 0.319. The quantitative estimate of drug-likeness (QED) is 0.849. The molecule has 2 aromatic rings. The molecule has 0 saturated carbocycles. The number of nitrogens with zero attached hydrogens (tertiary/aromatic N) is 5. The molecule has 0 unspecified atom stereocenters. The molecule has 0 aromatic carbocycles. The van der Waals surface area contributed by atoms with Gasteiger partial charge in [-0.1, -0.05) is 6.92 Å². The van der Waals surface area contributed by atoms with Crippen molar-refractivity contribution in [1.29, 1.82) is 0 Å². The van der Waals surface area contributed by atoms with Gasteiger partial charge in [0.05, 0.1) is 6.61 Å². The second-order valence-electron chi connectivity index (χ2n) is 3.77. The average Bonchev–Trinajstić information content (AvgIpc) is 2.87. The van der Waals surface area contributed by atoms with E-state index in [0.29, 0.717) is 24.5 Å². The number of rotatable bonds is 6. The van der Waals surface area contributed by atoms with Crippen molar-refractivity contribution in [2.45, 2.75) is 27.2 Å². The van der Waals surface area contributed by atoms with Crippen LogP contribution < -0.4 is 10.1 Å². The second kappa shape index (κ2) is 6.12. The summed E-state index contributed by atoms with van der Waals surface area (Å²) >= 11 is 0. The van der Waals surface area contributed by atoms with Gasteiger partial charge in [-0.3, -0.25) is 4.57 Å². The van der Waals surface area contributed by atoms with Crippen molar-refractivity contribution in [2.24, 2.45) is 0 Å². The van der Waals surface area contributed by atoms with Gasteiger partial charge in [-0.2, -0.15) is 15.0 Å². The molecule has 0 bridgehead atoms. The number of hydrogen-bond donors (Lipinski definition) is 1. The van der Waals surface area contributed by atoms with Crippen LogP contribution >= 0.6 is 0 Å². The maximum absolute atomic E-state index is 5.37. The van der Waals surface area contributed by atoms with Gasteiger partial charge in [0.2, 0.25) is 11.9 Å². The molecule has 2 aromatic heterocycles. The fourth-order valence-corrected chi connectivity index (χ4v) is 1.66. The van der Waals surface area contributed by atoms with E-state index >= 15 is 0 Å². The van der Waals surface area contributed by atoms with Crippen LogP contribution in [-0.2, 0) is 6.42 Å². The minimum atomic E-state index is 0.319. The van der Waals surface area contributed by atoms with Crippen molar-refractivity contribution >= 4 is 5.95 Å². The predicted octanol–water partition coefficient (Wildman–Crippen LogP) is 1.45. The molecule has 7 nitrogen and oxygen atoms in total. The highest BCUT2D eigenvalue weighted by molar-refractivity contribution is 5.31. The summed E-state index contributed by atoms with van der Waals surface area (Å²) in [5.41, 5.74) is 0. The standard InChI is InChI=1S/C12H18N6O/c1-4-9-14-7-8-18(9)11-15-10(13-5-2)16-12(17-11)19-6-3/h7-8H,4-6H2,1-3H3,(H,13,15,16,17). The second-order valence-corrected chi connectivity index (χ2v) is 3.77. The van der Waals surface area contributed by atoms with Gasteiger partial charge < -0.3 is 10.1 Å². The lowest BCUT2D eigenvalue weighted by molar-refractivity contribution is 0.311. The molecule has 0 amide bonds. The maximum Gasteiger partial charge on any atom is 0.323 e. The van der Waals surface area contributed by atoms with Gasteiger partial charge in [-0.05, 0) is 13.8 Å². The van der Waals surface area contributed by atoms with Gasteiger partial charge in [-0.25, -0.2) is 4.98 Å². The van der Waals surface area contributed by atoms with E-state index in [1.807, 2.05) is 31.5 Å². The Morgan fingerprint density at radius 2 is 2.05 bits per heavy atom. The third kappa shape index (κ3) is 2.98. The van der Waals surface area contributed by atoms with E-state index < -0.39 is 0 Å². The lowest BCUT2D eigenvalue weighted by atomic mass is 10.4. The van der Waals surface area contributed by atoms with E-state index in [1.54, 1.807) is 6.20 Å². The summed E-state index contributed by atoms with van der Waals surface area (Å²) in [6, 6.07) is 0.319. The third-order valence-electron chi connectivity index (χ3n) is 2.46. The van der Waals surface area contributed by atoms with Crippen LogP contribution in [0.25, 0.3) is 5.95 Å². The summed E-state index contributed by atoms with van der Waals surface area (Å²) in [7, 11) is 0. The highest BCUT2D eigenvalue weighted by atomic mass is 16.5. The van der Waals surface area contributed by atoms with E-state index in [0.717, 1.165) is 18.8 Å². The van der Waals surface area contributed by atoms with E-state index in [4.69, 9.17) is 4.74 Å². The number of anilines is 1. The first-order chi connectivity index (χ1) is 9.28. The lowest BCUT2D eigenvalue weighted by Gasteiger charge is -2.09. The molecule has 0 spiro atoms. The highest BCUT2D eigenvalue weighted by Crippen LogP contribution is 2.13. The van der Waals surface area contributed by atoms with Crippen LogP contribution in [0, 0.1) is 0 Å². The molecule has 2 rings (SSSR count). The Balaban J connectivity index is 2.43. The highest BCUT2D eigenvalue weighted by Gasteiger charge is 2.11. The molecule has 0 atom stereocenters. The Morgan fingerprint density at radius 3 is 2.74 bits per heavy atom. The zero-order chi connectivity index (χ0) is 13.7. The zero-order valence-corrected chi connectivity index (χ0v) is 11.4. The van der Waals surface area contributed by atoms with Crippen molar-refractivity contribution in [3.8, 4) is 12.0 Å². The fraction of sp³-hybridized carbons (Fsp3) is 0.500. The number of hydrogen-bond acceptors (Lipinski definition) is 6. The predicted molar refractivity (Wildman–Crippen MR) is 71.7 cm³/mol. The molecule has 2 heterocycles. The first kappa shape index (κ1) is 13.3. The number of nitrogens with one attached hydrogen (secondary N) is 1. The molecule has 7 heteroatoms. The minimum Gasteiger partial charge on any atom is -0.464 e. The molecular formula is C12H18N6O. The summed E-state index contributed by atoms with van der Waals surface area (Å²) in [6.07, 6.45) is 4.37. The van der Waals surface area contributed by atoms with Crippen LogP contribution in [0.3, 0.4) is 0 Å². The molecule has 0 radical (unpaired) electrons. The number of aromatic nitrogens is 5. The molecule has 19 heavy (non-hydrogen) atoms. The summed E-state index contributed by atoms with van der Waals surface area (Å²) in [4.78, 5) is 17.1. The Kier molecular flexibility index (Phi) is 4.27. The summed E-state index contributed by atoms with van der Waals surface area (Å²) in [6.45, 7) is 7.16. The average molecular weight is 262 g/mol. The smallest absolute Gasteiger partial charge is 0.323 e. The van der Waals surface area contributed by atoms with Gasteiger partial charge in [-0.15, -0.1) is 0 Å². The van der Waals surface area contributed by atoms with Crippen LogP contribution in [0.15, 0.2) is 12.4 Å². The van der Waals surface area contributed by atoms with Crippen LogP contribution in [0.4, 0.5) is 5.95 Å². The first-order valence-electron chi connectivity index (χ1n) is 6.43. The van der Waals surface area contributed by atoms with Crippen molar-refractivity contribution in [3.63, 3.8) is 0 Å². The zero-order valence-electron chi connectivity index (χ0n) is 11.4. The van der Waals surface area contributed by atoms with Crippen molar-refractivity contribution < 1.29 is 4.74 Å². The van der Waals surface area contributed by atoms with Gasteiger partial charge in [0.15, 0.2) is 0 Å². The van der Waals surface area contributed by atoms with Gasteiger partial charge >= 0.3 is 6.01 Å². The summed E-state index contributed by atoms with van der Waals surface area (Å²) in [5.74, 6) is 1.92. The molecule has 0 aliphatic heterocycles. The third-order valence-corrected chi connectivity index (χ3v) is 2.46. The maximum atomic E-state index is 5.37. The van der Waals surface area contributed by atoms with E-state index in [2.05, 4.69) is 25.3 Å². The SMILES string of the molecule is CCNc1nc(OCC)nc(-n2ccnc2CC)n1. The number of ether oxygens (including phenoxy) is 1. The largest absolute Gasteiger partial charge is 0.464 e.